The predicted molar refractivity (Wildman–Crippen MR) is 113 cm³/mol. The van der Waals surface area contributed by atoms with Gasteiger partial charge in [-0.15, -0.1) is 21.5 Å². The van der Waals surface area contributed by atoms with E-state index in [1.165, 1.54) is 56.2 Å². The van der Waals surface area contributed by atoms with Gasteiger partial charge in [0, 0.05) is 29.9 Å². The summed E-state index contributed by atoms with van der Waals surface area (Å²) in [5.74, 6) is 2.58. The summed E-state index contributed by atoms with van der Waals surface area (Å²) in [7, 11) is 0. The van der Waals surface area contributed by atoms with Crippen LogP contribution in [0.15, 0.2) is 22.7 Å². The quantitative estimate of drug-likeness (QED) is 0.649. The third kappa shape index (κ3) is 3.88. The molecule has 3 fully saturated rings. The lowest BCUT2D eigenvalue weighted by atomic mass is 9.78. The van der Waals surface area contributed by atoms with Gasteiger partial charge < -0.3 is 9.47 Å². The molecule has 0 bridgehead atoms. The molecule has 2 aromatic heterocycles. The van der Waals surface area contributed by atoms with Gasteiger partial charge >= 0.3 is 0 Å². The van der Waals surface area contributed by atoms with Gasteiger partial charge in [-0.3, -0.25) is 4.79 Å². The number of piperidine rings is 1. The Morgan fingerprint density at radius 1 is 1.14 bits per heavy atom. The van der Waals surface area contributed by atoms with Crippen LogP contribution in [0.4, 0.5) is 0 Å². The van der Waals surface area contributed by atoms with Crippen molar-refractivity contribution in [3.63, 3.8) is 0 Å². The molecule has 28 heavy (non-hydrogen) atoms. The van der Waals surface area contributed by atoms with Crippen molar-refractivity contribution in [3.05, 3.63) is 28.2 Å². The number of aromatic nitrogens is 3. The molecule has 0 radical (unpaired) electrons. The van der Waals surface area contributed by atoms with Crippen LogP contribution < -0.4 is 0 Å². The molecule has 5 nitrogen and oxygen atoms in total. The summed E-state index contributed by atoms with van der Waals surface area (Å²) >= 11 is 3.36. The summed E-state index contributed by atoms with van der Waals surface area (Å²) in [5, 5.41) is 12.0. The number of carbonyl (C=O) groups excluding carboxylic acids is 1. The zero-order valence-electron chi connectivity index (χ0n) is 16.3. The minimum atomic E-state index is 0.298. The van der Waals surface area contributed by atoms with Crippen molar-refractivity contribution in [1.29, 1.82) is 0 Å². The van der Waals surface area contributed by atoms with Crippen LogP contribution in [-0.2, 0) is 11.2 Å². The molecule has 2 aliphatic carbocycles. The summed E-state index contributed by atoms with van der Waals surface area (Å²) in [5.41, 5.74) is 0. The fourth-order valence-corrected chi connectivity index (χ4v) is 6.55. The van der Waals surface area contributed by atoms with Gasteiger partial charge in [0.15, 0.2) is 5.16 Å². The van der Waals surface area contributed by atoms with E-state index in [9.17, 15) is 4.79 Å². The molecule has 0 aromatic carbocycles. The zero-order valence-corrected chi connectivity index (χ0v) is 17.9. The van der Waals surface area contributed by atoms with E-state index in [-0.39, 0.29) is 0 Å². The maximum atomic E-state index is 13.0. The molecule has 2 saturated carbocycles. The van der Waals surface area contributed by atoms with E-state index in [4.69, 9.17) is 0 Å². The summed E-state index contributed by atoms with van der Waals surface area (Å²) in [4.78, 5) is 16.6. The van der Waals surface area contributed by atoms with Gasteiger partial charge in [0.25, 0.3) is 0 Å². The molecule has 5 rings (SSSR count). The van der Waals surface area contributed by atoms with E-state index in [0.29, 0.717) is 23.7 Å². The van der Waals surface area contributed by atoms with Crippen molar-refractivity contribution >= 4 is 29.0 Å². The first kappa shape index (κ1) is 18.7. The molecule has 1 amide bonds. The van der Waals surface area contributed by atoms with Crippen LogP contribution in [0.5, 0.6) is 0 Å². The third-order valence-electron chi connectivity index (χ3n) is 6.45. The molecule has 2 aromatic rings. The highest BCUT2D eigenvalue weighted by atomic mass is 32.2. The van der Waals surface area contributed by atoms with Crippen LogP contribution in [0.2, 0.25) is 0 Å². The van der Waals surface area contributed by atoms with Gasteiger partial charge in [-0.25, -0.2) is 0 Å². The standard InChI is InChI=1S/C21H28N4OS2/c26-20(24-11-3-6-15-5-1-2-8-18(15)24)14-28-21-23-22-19(25(21)16-9-10-16)13-17-7-4-12-27-17/h4,7,12,15-16,18H,1-3,5-6,8-11,13-14H2/t15-,18+/m0/s1. The van der Waals surface area contributed by atoms with Gasteiger partial charge in [0.05, 0.1) is 5.75 Å². The van der Waals surface area contributed by atoms with Gasteiger partial charge in [0.1, 0.15) is 5.82 Å². The van der Waals surface area contributed by atoms with Crippen LogP contribution >= 0.6 is 23.1 Å². The van der Waals surface area contributed by atoms with E-state index in [1.54, 1.807) is 23.1 Å². The Morgan fingerprint density at radius 2 is 2.00 bits per heavy atom. The molecular formula is C21H28N4OS2. The molecule has 0 unspecified atom stereocenters. The van der Waals surface area contributed by atoms with Crippen LogP contribution in [0.1, 0.15) is 68.1 Å². The Kier molecular flexibility index (Phi) is 5.46. The van der Waals surface area contributed by atoms with E-state index < -0.39 is 0 Å². The highest BCUT2D eigenvalue weighted by Gasteiger charge is 2.36. The summed E-state index contributed by atoms with van der Waals surface area (Å²) in [6, 6.07) is 5.26. The number of fused-ring (bicyclic) bond motifs is 1. The molecule has 1 saturated heterocycles. The highest BCUT2D eigenvalue weighted by molar-refractivity contribution is 7.99. The van der Waals surface area contributed by atoms with Crippen molar-refractivity contribution in [1.82, 2.24) is 19.7 Å². The molecule has 7 heteroatoms. The number of nitrogens with zero attached hydrogens (tertiary/aromatic N) is 4. The van der Waals surface area contributed by atoms with Gasteiger partial charge in [0.2, 0.25) is 5.91 Å². The fraction of sp³-hybridized carbons (Fsp3) is 0.667. The molecule has 1 aliphatic heterocycles. The first-order valence-electron chi connectivity index (χ1n) is 10.7. The van der Waals surface area contributed by atoms with Crippen molar-refractivity contribution < 1.29 is 4.79 Å². The monoisotopic (exact) mass is 416 g/mol. The van der Waals surface area contributed by atoms with Crippen LogP contribution in [-0.4, -0.2) is 43.9 Å². The Morgan fingerprint density at radius 3 is 2.82 bits per heavy atom. The van der Waals surface area contributed by atoms with E-state index >= 15 is 0 Å². The predicted octanol–water partition coefficient (Wildman–Crippen LogP) is 4.54. The van der Waals surface area contributed by atoms with Gasteiger partial charge in [-0.1, -0.05) is 30.7 Å². The average molecular weight is 417 g/mol. The largest absolute Gasteiger partial charge is 0.339 e. The summed E-state index contributed by atoms with van der Waals surface area (Å²) in [6.07, 6.45) is 10.8. The summed E-state index contributed by atoms with van der Waals surface area (Å²) in [6.45, 7) is 0.944. The van der Waals surface area contributed by atoms with Crippen molar-refractivity contribution in [2.75, 3.05) is 12.3 Å². The number of hydrogen-bond acceptors (Lipinski definition) is 5. The zero-order chi connectivity index (χ0) is 18.9. The molecule has 3 aliphatic rings. The number of thioether (sulfide) groups is 1. The number of rotatable bonds is 6. The minimum absolute atomic E-state index is 0.298. The SMILES string of the molecule is O=C(CSc1nnc(Cc2cccs2)n1C1CC1)N1CCC[C@@H]2CCCC[C@H]21. The smallest absolute Gasteiger partial charge is 0.233 e. The van der Waals surface area contributed by atoms with E-state index in [0.717, 1.165) is 29.9 Å². The Balaban J connectivity index is 1.26. The topological polar surface area (TPSA) is 51.0 Å². The summed E-state index contributed by atoms with van der Waals surface area (Å²) < 4.78 is 2.30. The first-order chi connectivity index (χ1) is 13.8. The normalized spacial score (nSPS) is 24.9. The second kappa shape index (κ2) is 8.19. The number of hydrogen-bond donors (Lipinski definition) is 0. The molecular weight excluding hydrogens is 388 g/mol. The maximum absolute atomic E-state index is 13.0. The molecule has 3 heterocycles. The van der Waals surface area contributed by atoms with Gasteiger partial charge in [-0.2, -0.15) is 0 Å². The minimum Gasteiger partial charge on any atom is -0.339 e. The number of likely N-dealkylation sites (tertiary alicyclic amines) is 1. The molecule has 0 spiro atoms. The van der Waals surface area contributed by atoms with Crippen molar-refractivity contribution in [2.45, 2.75) is 75.0 Å². The van der Waals surface area contributed by atoms with Crippen molar-refractivity contribution in [2.24, 2.45) is 5.92 Å². The number of thiophene rings is 1. The van der Waals surface area contributed by atoms with Crippen LogP contribution in [0, 0.1) is 5.92 Å². The Hall–Kier alpha value is -1.34. The van der Waals surface area contributed by atoms with Crippen LogP contribution in [0.25, 0.3) is 0 Å². The average Bonchev–Trinajstić information content (AvgIpc) is 3.28. The molecule has 2 atom stereocenters. The van der Waals surface area contributed by atoms with E-state index in [2.05, 4.69) is 37.2 Å². The molecule has 150 valence electrons. The molecule has 0 N–H and O–H groups in total. The maximum Gasteiger partial charge on any atom is 0.233 e. The Bertz CT molecular complexity index is 812. The lowest BCUT2D eigenvalue weighted by Crippen LogP contribution is -2.50. The second-order valence-corrected chi connectivity index (χ2v) is 10.4. The Labute approximate surface area is 174 Å². The van der Waals surface area contributed by atoms with Crippen molar-refractivity contribution in [3.8, 4) is 0 Å². The lowest BCUT2D eigenvalue weighted by molar-refractivity contribution is -0.134. The number of amides is 1. The van der Waals surface area contributed by atoms with Gasteiger partial charge in [-0.05, 0) is 55.9 Å². The third-order valence-corrected chi connectivity index (χ3v) is 8.25. The lowest BCUT2D eigenvalue weighted by Gasteiger charge is -2.44. The first-order valence-corrected chi connectivity index (χ1v) is 12.5. The second-order valence-electron chi connectivity index (χ2n) is 8.39. The highest BCUT2D eigenvalue weighted by Crippen LogP contribution is 2.40. The number of carbonyl (C=O) groups is 1. The van der Waals surface area contributed by atoms with E-state index in [1.807, 2.05) is 0 Å². The van der Waals surface area contributed by atoms with Crippen LogP contribution in [0.3, 0.4) is 0 Å². The fourth-order valence-electron chi connectivity index (χ4n) is 4.94.